The minimum Gasteiger partial charge on any atom is -0.474 e. The lowest BCUT2D eigenvalue weighted by Gasteiger charge is -2.37. The highest BCUT2D eigenvalue weighted by Gasteiger charge is 2.34. The van der Waals surface area contributed by atoms with E-state index in [1.165, 1.54) is 25.4 Å². The maximum Gasteiger partial charge on any atom is 0.230 e. The predicted molar refractivity (Wildman–Crippen MR) is 129 cm³/mol. The molecule has 0 unspecified atom stereocenters. The number of nitrogens with one attached hydrogen (secondary N) is 1. The van der Waals surface area contributed by atoms with Crippen LogP contribution >= 0.6 is 0 Å². The smallest absolute Gasteiger partial charge is 0.230 e. The summed E-state index contributed by atoms with van der Waals surface area (Å²) >= 11 is 0. The van der Waals surface area contributed by atoms with E-state index < -0.39 is 21.1 Å². The minimum atomic E-state index is -3.55. The Balaban J connectivity index is 1.63. The third-order valence-corrected chi connectivity index (χ3v) is 7.01. The van der Waals surface area contributed by atoms with E-state index in [9.17, 15) is 22.4 Å². The molecular formula is C24H31FN4O6S. The molecule has 0 bridgehead atoms. The highest BCUT2D eigenvalue weighted by molar-refractivity contribution is 7.90. The topological polar surface area (TPSA) is 128 Å². The Morgan fingerprint density at radius 1 is 1.19 bits per heavy atom. The van der Waals surface area contributed by atoms with Crippen molar-refractivity contribution < 1.29 is 31.9 Å². The lowest BCUT2D eigenvalue weighted by molar-refractivity contribution is -0.142. The van der Waals surface area contributed by atoms with Gasteiger partial charge in [-0.25, -0.2) is 22.8 Å². The van der Waals surface area contributed by atoms with Gasteiger partial charge in [0, 0.05) is 45.7 Å². The molecule has 1 N–H and O–H groups in total. The Labute approximate surface area is 210 Å². The molecule has 0 saturated carbocycles. The van der Waals surface area contributed by atoms with Crippen LogP contribution in [-0.2, 0) is 19.4 Å². The summed E-state index contributed by atoms with van der Waals surface area (Å²) in [6, 6.07) is 3.38. The molecule has 0 aliphatic carbocycles. The first-order chi connectivity index (χ1) is 16.8. The largest absolute Gasteiger partial charge is 0.474 e. The van der Waals surface area contributed by atoms with E-state index in [0.717, 1.165) is 12.3 Å². The standard InChI is InChI=1S/C24H31FN4O6S/c1-15-21(27-14-28-22(15)35-20-7-6-18(12-19(20)25)36(5,32)33)34-17-8-10-29(11-9-17)23(31)24(3,4)13-26-16(2)30/h6-7,12,14,17H,8-11,13H2,1-5H3,(H,26,30). The van der Waals surface area contributed by atoms with Crippen LogP contribution in [0.4, 0.5) is 4.39 Å². The van der Waals surface area contributed by atoms with E-state index in [2.05, 4.69) is 15.3 Å². The van der Waals surface area contributed by atoms with Gasteiger partial charge in [-0.3, -0.25) is 9.59 Å². The maximum atomic E-state index is 14.4. The van der Waals surface area contributed by atoms with Crippen LogP contribution in [0.2, 0.25) is 0 Å². The van der Waals surface area contributed by atoms with E-state index in [0.29, 0.717) is 31.5 Å². The highest BCUT2D eigenvalue weighted by atomic mass is 32.2. The van der Waals surface area contributed by atoms with Gasteiger partial charge < -0.3 is 19.7 Å². The maximum absolute atomic E-state index is 14.4. The van der Waals surface area contributed by atoms with Gasteiger partial charge >= 0.3 is 0 Å². The Morgan fingerprint density at radius 2 is 1.83 bits per heavy atom. The number of hydrogen-bond acceptors (Lipinski definition) is 8. The van der Waals surface area contributed by atoms with E-state index in [4.69, 9.17) is 9.47 Å². The van der Waals surface area contributed by atoms with Crippen LogP contribution in [0.15, 0.2) is 29.4 Å². The van der Waals surface area contributed by atoms with Gasteiger partial charge in [0.15, 0.2) is 21.4 Å². The summed E-state index contributed by atoms with van der Waals surface area (Å²) in [7, 11) is -3.55. The number of ether oxygens (including phenoxy) is 2. The van der Waals surface area contributed by atoms with Crippen LogP contribution in [0.5, 0.6) is 17.5 Å². The molecule has 2 aromatic rings. The second-order valence-corrected chi connectivity index (χ2v) is 11.5. The van der Waals surface area contributed by atoms with E-state index >= 15 is 0 Å². The van der Waals surface area contributed by atoms with E-state index in [1.54, 1.807) is 25.7 Å². The zero-order chi connectivity index (χ0) is 26.7. The molecule has 3 rings (SSSR count). The zero-order valence-corrected chi connectivity index (χ0v) is 21.8. The number of aromatic nitrogens is 2. The summed E-state index contributed by atoms with van der Waals surface area (Å²) in [6.45, 7) is 7.96. The molecule has 0 spiro atoms. The molecule has 36 heavy (non-hydrogen) atoms. The molecule has 1 aromatic heterocycles. The monoisotopic (exact) mass is 522 g/mol. The van der Waals surface area contributed by atoms with Crippen LogP contribution in [0, 0.1) is 18.2 Å². The van der Waals surface area contributed by atoms with Crippen LogP contribution in [0.25, 0.3) is 0 Å². The van der Waals surface area contributed by atoms with Crippen molar-refractivity contribution in [3.63, 3.8) is 0 Å². The summed E-state index contributed by atoms with van der Waals surface area (Å²) in [5, 5.41) is 2.70. The molecule has 1 aromatic carbocycles. The molecule has 1 fully saturated rings. The Hall–Kier alpha value is -3.28. The summed E-state index contributed by atoms with van der Waals surface area (Å²) < 4.78 is 49.3. The number of amides is 2. The van der Waals surface area contributed by atoms with Gasteiger partial charge in [-0.15, -0.1) is 0 Å². The predicted octanol–water partition coefficient (Wildman–Crippen LogP) is 2.65. The molecule has 2 heterocycles. The molecule has 196 valence electrons. The van der Waals surface area contributed by atoms with Gasteiger partial charge in [0.2, 0.25) is 23.6 Å². The zero-order valence-electron chi connectivity index (χ0n) is 21.0. The molecule has 1 aliphatic rings. The fraction of sp³-hybridized carbons (Fsp3) is 0.500. The number of sulfone groups is 1. The second-order valence-electron chi connectivity index (χ2n) is 9.48. The summed E-state index contributed by atoms with van der Waals surface area (Å²) in [5.41, 5.74) is -0.261. The SMILES string of the molecule is CC(=O)NCC(C)(C)C(=O)N1CCC(Oc2ncnc(Oc3ccc(S(C)(=O)=O)cc3F)c2C)CC1. The number of carbonyl (C=O) groups is 2. The summed E-state index contributed by atoms with van der Waals surface area (Å²) in [5.74, 6) is -0.865. The average Bonchev–Trinajstić information content (AvgIpc) is 2.81. The Morgan fingerprint density at radius 3 is 2.42 bits per heavy atom. The number of benzene rings is 1. The second kappa shape index (κ2) is 10.8. The van der Waals surface area contributed by atoms with Gasteiger partial charge in [-0.2, -0.15) is 0 Å². The fourth-order valence-corrected chi connectivity index (χ4v) is 4.36. The Bertz CT molecular complexity index is 1240. The van der Waals surface area contributed by atoms with Gasteiger partial charge in [0.05, 0.1) is 15.9 Å². The molecule has 10 nitrogen and oxygen atoms in total. The first-order valence-electron chi connectivity index (χ1n) is 11.5. The first-order valence-corrected chi connectivity index (χ1v) is 13.4. The number of rotatable bonds is 8. The number of likely N-dealkylation sites (tertiary alicyclic amines) is 1. The van der Waals surface area contributed by atoms with Crippen molar-refractivity contribution in [2.45, 2.75) is 51.5 Å². The fourth-order valence-electron chi connectivity index (χ4n) is 3.72. The van der Waals surface area contributed by atoms with Crippen molar-refractivity contribution >= 4 is 21.7 Å². The molecule has 2 amide bonds. The Kier molecular flexibility index (Phi) is 8.17. The number of carbonyl (C=O) groups excluding carboxylic acids is 2. The molecule has 12 heteroatoms. The molecule has 0 radical (unpaired) electrons. The lowest BCUT2D eigenvalue weighted by Crippen LogP contribution is -2.50. The van der Waals surface area contributed by atoms with Crippen LogP contribution in [-0.4, -0.2) is 67.1 Å². The molecule has 1 aliphatic heterocycles. The number of piperidine rings is 1. The van der Waals surface area contributed by atoms with Crippen molar-refractivity contribution in [2.75, 3.05) is 25.9 Å². The third kappa shape index (κ3) is 6.68. The normalized spacial score (nSPS) is 14.9. The summed E-state index contributed by atoms with van der Waals surface area (Å²) in [6.07, 6.45) is 3.21. The van der Waals surface area contributed by atoms with E-state index in [1.807, 2.05) is 0 Å². The van der Waals surface area contributed by atoms with Gasteiger partial charge in [-0.1, -0.05) is 0 Å². The quantitative estimate of drug-likeness (QED) is 0.561. The highest BCUT2D eigenvalue weighted by Crippen LogP contribution is 2.31. The third-order valence-electron chi connectivity index (χ3n) is 5.90. The van der Waals surface area contributed by atoms with Gasteiger partial charge in [0.25, 0.3) is 0 Å². The average molecular weight is 523 g/mol. The van der Waals surface area contributed by atoms with Crippen LogP contribution in [0.1, 0.15) is 39.2 Å². The minimum absolute atomic E-state index is 0.0347. The van der Waals surface area contributed by atoms with Crippen molar-refractivity contribution in [2.24, 2.45) is 5.41 Å². The van der Waals surface area contributed by atoms with E-state index in [-0.39, 0.29) is 46.9 Å². The molecule has 1 saturated heterocycles. The molecular weight excluding hydrogens is 491 g/mol. The van der Waals surface area contributed by atoms with Crippen molar-refractivity contribution in [3.8, 4) is 17.5 Å². The van der Waals surface area contributed by atoms with Crippen molar-refractivity contribution in [1.29, 1.82) is 0 Å². The lowest BCUT2D eigenvalue weighted by atomic mass is 9.90. The van der Waals surface area contributed by atoms with Gasteiger partial charge in [-0.05, 0) is 39.0 Å². The first kappa shape index (κ1) is 27.3. The van der Waals surface area contributed by atoms with Crippen LogP contribution in [0.3, 0.4) is 0 Å². The van der Waals surface area contributed by atoms with Gasteiger partial charge in [0.1, 0.15) is 12.4 Å². The van der Waals surface area contributed by atoms with Crippen LogP contribution < -0.4 is 14.8 Å². The number of hydrogen-bond donors (Lipinski definition) is 1. The number of nitrogens with zero attached hydrogens (tertiary/aromatic N) is 3. The van der Waals surface area contributed by atoms with Crippen molar-refractivity contribution in [3.05, 3.63) is 35.9 Å². The summed E-state index contributed by atoms with van der Waals surface area (Å²) in [4.78, 5) is 34.0. The number of halogens is 1. The molecule has 0 atom stereocenters. The van der Waals surface area contributed by atoms with Crippen molar-refractivity contribution in [1.82, 2.24) is 20.2 Å².